The lowest BCUT2D eigenvalue weighted by molar-refractivity contribution is 0.661. The Bertz CT molecular complexity index is 541. The highest BCUT2D eigenvalue weighted by Crippen LogP contribution is 2.28. The van der Waals surface area contributed by atoms with E-state index in [-0.39, 0.29) is 0 Å². The molecule has 126 valence electrons. The average molecular weight is 330 g/mol. The smallest absolute Gasteiger partial charge is 0.0404 e. The summed E-state index contributed by atoms with van der Waals surface area (Å²) in [5.41, 5.74) is 2.51. The molecule has 1 nitrogen and oxygen atoms in total. The van der Waals surface area contributed by atoms with Crippen LogP contribution in [0.1, 0.15) is 75.8 Å². The van der Waals surface area contributed by atoms with E-state index in [9.17, 15) is 0 Å². The molecular formula is C21H31NS. The molecule has 0 unspecified atom stereocenters. The SMILES string of the molecule is CCCCCCc1ccc(-c2ccc(CCCCCC)s2)cn1. The number of rotatable bonds is 11. The largest absolute Gasteiger partial charge is 0.261 e. The maximum absolute atomic E-state index is 4.66. The van der Waals surface area contributed by atoms with E-state index >= 15 is 0 Å². The summed E-state index contributed by atoms with van der Waals surface area (Å²) < 4.78 is 0. The van der Waals surface area contributed by atoms with Gasteiger partial charge in [-0.3, -0.25) is 4.98 Å². The van der Waals surface area contributed by atoms with Gasteiger partial charge in [0.25, 0.3) is 0 Å². The highest BCUT2D eigenvalue weighted by Gasteiger charge is 2.04. The van der Waals surface area contributed by atoms with Gasteiger partial charge in [-0.05, 0) is 43.9 Å². The number of aryl methyl sites for hydroxylation is 2. The van der Waals surface area contributed by atoms with Gasteiger partial charge in [0.15, 0.2) is 0 Å². The number of unbranched alkanes of at least 4 members (excludes halogenated alkanes) is 6. The fourth-order valence-corrected chi connectivity index (χ4v) is 3.88. The number of hydrogen-bond acceptors (Lipinski definition) is 2. The lowest BCUT2D eigenvalue weighted by Gasteiger charge is -2.02. The van der Waals surface area contributed by atoms with E-state index in [0.717, 1.165) is 6.42 Å². The Labute approximate surface area is 146 Å². The third kappa shape index (κ3) is 6.47. The summed E-state index contributed by atoms with van der Waals surface area (Å²) >= 11 is 1.93. The predicted octanol–water partition coefficient (Wildman–Crippen LogP) is 7.06. The molecule has 2 aromatic rings. The Morgan fingerprint density at radius 1 is 0.783 bits per heavy atom. The van der Waals surface area contributed by atoms with E-state index in [1.165, 1.54) is 78.8 Å². The first-order valence-electron chi connectivity index (χ1n) is 9.37. The fraction of sp³-hybridized carbons (Fsp3) is 0.571. The van der Waals surface area contributed by atoms with Crippen LogP contribution in [-0.4, -0.2) is 4.98 Å². The second-order valence-electron chi connectivity index (χ2n) is 6.43. The molecule has 0 aliphatic carbocycles. The van der Waals surface area contributed by atoms with E-state index in [1.54, 1.807) is 0 Å². The van der Waals surface area contributed by atoms with Crippen molar-refractivity contribution in [3.05, 3.63) is 41.0 Å². The van der Waals surface area contributed by atoms with E-state index < -0.39 is 0 Å². The molecule has 0 bridgehead atoms. The molecule has 0 aliphatic heterocycles. The normalized spacial score (nSPS) is 11.0. The predicted molar refractivity (Wildman–Crippen MR) is 103 cm³/mol. The van der Waals surface area contributed by atoms with Crippen LogP contribution in [-0.2, 0) is 12.8 Å². The zero-order valence-electron chi connectivity index (χ0n) is 14.8. The van der Waals surface area contributed by atoms with Crippen LogP contribution in [0, 0.1) is 0 Å². The Morgan fingerprint density at radius 3 is 2.17 bits per heavy atom. The molecule has 0 saturated carbocycles. The van der Waals surface area contributed by atoms with E-state index in [0.29, 0.717) is 0 Å². The molecule has 0 aromatic carbocycles. The molecule has 2 heteroatoms. The molecule has 23 heavy (non-hydrogen) atoms. The number of hydrogen-bond donors (Lipinski definition) is 0. The van der Waals surface area contributed by atoms with Gasteiger partial charge in [0, 0.05) is 27.2 Å². The topological polar surface area (TPSA) is 12.9 Å². The van der Waals surface area contributed by atoms with Crippen LogP contribution >= 0.6 is 11.3 Å². The van der Waals surface area contributed by atoms with Crippen molar-refractivity contribution in [2.75, 3.05) is 0 Å². The molecule has 2 heterocycles. The first kappa shape index (κ1) is 18.2. The van der Waals surface area contributed by atoms with E-state index in [4.69, 9.17) is 0 Å². The van der Waals surface area contributed by atoms with Gasteiger partial charge >= 0.3 is 0 Å². The molecule has 0 saturated heterocycles. The van der Waals surface area contributed by atoms with Crippen molar-refractivity contribution in [2.24, 2.45) is 0 Å². The van der Waals surface area contributed by atoms with Crippen molar-refractivity contribution in [3.8, 4) is 10.4 Å². The summed E-state index contributed by atoms with van der Waals surface area (Å²) in [5.74, 6) is 0. The van der Waals surface area contributed by atoms with Crippen LogP contribution in [0.5, 0.6) is 0 Å². The minimum absolute atomic E-state index is 1.12. The van der Waals surface area contributed by atoms with Crippen molar-refractivity contribution < 1.29 is 0 Å². The lowest BCUT2D eigenvalue weighted by Crippen LogP contribution is -1.90. The van der Waals surface area contributed by atoms with Crippen LogP contribution in [0.15, 0.2) is 30.5 Å². The molecule has 0 radical (unpaired) electrons. The van der Waals surface area contributed by atoms with Gasteiger partial charge < -0.3 is 0 Å². The first-order chi connectivity index (χ1) is 11.3. The Kier molecular flexibility index (Phi) is 8.38. The second-order valence-corrected chi connectivity index (χ2v) is 7.59. The Hall–Kier alpha value is -1.15. The van der Waals surface area contributed by atoms with Gasteiger partial charge in [-0.15, -0.1) is 11.3 Å². The lowest BCUT2D eigenvalue weighted by atomic mass is 10.1. The van der Waals surface area contributed by atoms with Gasteiger partial charge in [-0.25, -0.2) is 0 Å². The summed E-state index contributed by atoms with van der Waals surface area (Å²) in [4.78, 5) is 7.53. The third-order valence-corrected chi connectivity index (χ3v) is 5.53. The Balaban J connectivity index is 1.83. The van der Waals surface area contributed by atoms with Crippen molar-refractivity contribution >= 4 is 11.3 Å². The maximum Gasteiger partial charge on any atom is 0.0404 e. The summed E-state index contributed by atoms with van der Waals surface area (Å²) in [6, 6.07) is 9.01. The molecule has 0 amide bonds. The van der Waals surface area contributed by atoms with E-state index in [1.807, 2.05) is 11.3 Å². The molecular weight excluding hydrogens is 298 g/mol. The minimum Gasteiger partial charge on any atom is -0.261 e. The van der Waals surface area contributed by atoms with Crippen LogP contribution in [0.25, 0.3) is 10.4 Å². The van der Waals surface area contributed by atoms with Crippen molar-refractivity contribution in [2.45, 2.75) is 78.1 Å². The number of pyridine rings is 1. The van der Waals surface area contributed by atoms with Crippen molar-refractivity contribution in [1.29, 1.82) is 0 Å². The number of thiophene rings is 1. The maximum atomic E-state index is 4.66. The van der Waals surface area contributed by atoms with Crippen LogP contribution < -0.4 is 0 Å². The average Bonchev–Trinajstić information content (AvgIpc) is 3.05. The minimum atomic E-state index is 1.12. The molecule has 0 aliphatic rings. The van der Waals surface area contributed by atoms with Crippen LogP contribution in [0.4, 0.5) is 0 Å². The quantitative estimate of drug-likeness (QED) is 0.402. The monoisotopic (exact) mass is 329 g/mol. The zero-order valence-corrected chi connectivity index (χ0v) is 15.6. The third-order valence-electron chi connectivity index (χ3n) is 4.33. The summed E-state index contributed by atoms with van der Waals surface area (Å²) in [7, 11) is 0. The summed E-state index contributed by atoms with van der Waals surface area (Å²) in [6.45, 7) is 4.52. The molecule has 0 fully saturated rings. The van der Waals surface area contributed by atoms with Gasteiger partial charge in [0.05, 0.1) is 0 Å². The summed E-state index contributed by atoms with van der Waals surface area (Å²) in [5, 5.41) is 0. The first-order valence-corrected chi connectivity index (χ1v) is 10.2. The molecule has 0 atom stereocenters. The Morgan fingerprint density at radius 2 is 1.52 bits per heavy atom. The highest BCUT2D eigenvalue weighted by atomic mass is 32.1. The molecule has 0 spiro atoms. The van der Waals surface area contributed by atoms with Gasteiger partial charge in [0.1, 0.15) is 0 Å². The van der Waals surface area contributed by atoms with Crippen LogP contribution in [0.2, 0.25) is 0 Å². The van der Waals surface area contributed by atoms with Gasteiger partial charge in [0.2, 0.25) is 0 Å². The summed E-state index contributed by atoms with van der Waals surface area (Å²) in [6.07, 6.45) is 15.0. The molecule has 0 N–H and O–H groups in total. The number of nitrogens with zero attached hydrogens (tertiary/aromatic N) is 1. The van der Waals surface area contributed by atoms with Gasteiger partial charge in [-0.1, -0.05) is 58.4 Å². The van der Waals surface area contributed by atoms with Crippen molar-refractivity contribution in [1.82, 2.24) is 4.98 Å². The zero-order chi connectivity index (χ0) is 16.3. The fourth-order valence-electron chi connectivity index (χ4n) is 2.84. The highest BCUT2D eigenvalue weighted by molar-refractivity contribution is 7.15. The van der Waals surface area contributed by atoms with E-state index in [2.05, 4.69) is 49.3 Å². The second kappa shape index (κ2) is 10.6. The molecule has 2 aromatic heterocycles. The van der Waals surface area contributed by atoms with Crippen molar-refractivity contribution in [3.63, 3.8) is 0 Å². The number of aromatic nitrogens is 1. The van der Waals surface area contributed by atoms with Crippen LogP contribution in [0.3, 0.4) is 0 Å². The van der Waals surface area contributed by atoms with Gasteiger partial charge in [-0.2, -0.15) is 0 Å². The standard InChI is InChI=1S/C21H31NS/c1-3-5-7-9-11-19-14-13-18(17-22-19)21-16-15-20(23-21)12-10-8-6-4-2/h13-17H,3-12H2,1-2H3. The molecule has 2 rings (SSSR count).